The van der Waals surface area contributed by atoms with E-state index < -0.39 is 6.10 Å². The summed E-state index contributed by atoms with van der Waals surface area (Å²) in [6, 6.07) is 15.3. The van der Waals surface area contributed by atoms with Crippen molar-refractivity contribution in [2.45, 2.75) is 26.0 Å². The minimum atomic E-state index is -0.598. The molecule has 1 heterocycles. The molecule has 1 atom stereocenters. The molecule has 3 aromatic rings. The predicted octanol–water partition coefficient (Wildman–Crippen LogP) is 4.21. The number of aromatic nitrogens is 2. The fourth-order valence-electron chi connectivity index (χ4n) is 2.59. The number of hydrogen-bond acceptors (Lipinski definition) is 3. The SMILES string of the molecule is C[C@@H](O)c1nc2ccccc2n1CCCOc1ccc(Cl)cc1. The normalized spacial score (nSPS) is 12.5. The number of aliphatic hydroxyl groups is 1. The van der Waals surface area contributed by atoms with E-state index in [1.54, 1.807) is 6.92 Å². The zero-order valence-electron chi connectivity index (χ0n) is 12.9. The summed E-state index contributed by atoms with van der Waals surface area (Å²) < 4.78 is 7.78. The highest BCUT2D eigenvalue weighted by Gasteiger charge is 2.14. The van der Waals surface area contributed by atoms with Gasteiger partial charge >= 0.3 is 0 Å². The number of benzene rings is 2. The Kier molecular flexibility index (Phi) is 4.84. The van der Waals surface area contributed by atoms with Gasteiger partial charge in [-0.15, -0.1) is 0 Å². The first-order chi connectivity index (χ1) is 11.1. The summed E-state index contributed by atoms with van der Waals surface area (Å²) in [5.74, 6) is 1.50. The van der Waals surface area contributed by atoms with Crippen LogP contribution in [0.4, 0.5) is 0 Å². The van der Waals surface area contributed by atoms with Crippen molar-refractivity contribution < 1.29 is 9.84 Å². The second-order valence-corrected chi connectivity index (χ2v) is 5.88. The van der Waals surface area contributed by atoms with Crippen LogP contribution in [0.25, 0.3) is 11.0 Å². The first-order valence-electron chi connectivity index (χ1n) is 7.67. The molecule has 0 aliphatic carbocycles. The Balaban J connectivity index is 1.66. The van der Waals surface area contributed by atoms with Crippen LogP contribution in [0.3, 0.4) is 0 Å². The molecule has 0 aliphatic rings. The van der Waals surface area contributed by atoms with Gasteiger partial charge in [-0.3, -0.25) is 0 Å². The smallest absolute Gasteiger partial charge is 0.138 e. The number of hydrogen-bond donors (Lipinski definition) is 1. The Morgan fingerprint density at radius 3 is 2.65 bits per heavy atom. The maximum absolute atomic E-state index is 9.94. The second kappa shape index (κ2) is 7.02. The fraction of sp³-hybridized carbons (Fsp3) is 0.278. The van der Waals surface area contributed by atoms with Gasteiger partial charge < -0.3 is 14.4 Å². The maximum atomic E-state index is 9.94. The molecule has 1 aromatic heterocycles. The van der Waals surface area contributed by atoms with Gasteiger partial charge in [0.15, 0.2) is 0 Å². The van der Waals surface area contributed by atoms with Gasteiger partial charge in [0.25, 0.3) is 0 Å². The average molecular weight is 331 g/mol. The van der Waals surface area contributed by atoms with Crippen LogP contribution >= 0.6 is 11.6 Å². The lowest BCUT2D eigenvalue weighted by Gasteiger charge is -2.11. The van der Waals surface area contributed by atoms with E-state index in [4.69, 9.17) is 16.3 Å². The summed E-state index contributed by atoms with van der Waals surface area (Å²) in [4.78, 5) is 4.52. The number of rotatable bonds is 6. The molecular weight excluding hydrogens is 312 g/mol. The molecule has 0 spiro atoms. The van der Waals surface area contributed by atoms with Gasteiger partial charge in [-0.05, 0) is 49.7 Å². The van der Waals surface area contributed by atoms with Crippen molar-refractivity contribution in [3.63, 3.8) is 0 Å². The molecule has 23 heavy (non-hydrogen) atoms. The lowest BCUT2D eigenvalue weighted by Crippen LogP contribution is -2.09. The Hall–Kier alpha value is -2.04. The minimum Gasteiger partial charge on any atom is -0.494 e. The molecule has 2 aromatic carbocycles. The van der Waals surface area contributed by atoms with Gasteiger partial charge in [-0.1, -0.05) is 23.7 Å². The lowest BCUT2D eigenvalue weighted by atomic mass is 10.3. The van der Waals surface area contributed by atoms with Crippen molar-refractivity contribution in [3.05, 3.63) is 59.4 Å². The van der Waals surface area contributed by atoms with Crippen LogP contribution in [-0.4, -0.2) is 21.3 Å². The summed E-state index contributed by atoms with van der Waals surface area (Å²) in [5.41, 5.74) is 1.94. The molecule has 4 nitrogen and oxygen atoms in total. The summed E-state index contributed by atoms with van der Waals surface area (Å²) in [5, 5.41) is 10.6. The Morgan fingerprint density at radius 1 is 1.17 bits per heavy atom. The Bertz CT molecular complexity index is 781. The molecule has 0 unspecified atom stereocenters. The summed E-state index contributed by atoms with van der Waals surface area (Å²) in [6.45, 7) is 3.07. The molecular formula is C18H19ClN2O2. The van der Waals surface area contributed by atoms with E-state index >= 15 is 0 Å². The predicted molar refractivity (Wildman–Crippen MR) is 91.9 cm³/mol. The standard InChI is InChI=1S/C18H19ClN2O2/c1-13(22)18-20-16-5-2-3-6-17(16)21(18)11-4-12-23-15-9-7-14(19)8-10-15/h2-3,5-10,13,22H,4,11-12H2,1H3/t13-/m1/s1. The number of halogens is 1. The van der Waals surface area contributed by atoms with E-state index in [0.29, 0.717) is 17.5 Å². The van der Waals surface area contributed by atoms with Crippen LogP contribution in [0.1, 0.15) is 25.3 Å². The Labute approximate surface area is 140 Å². The molecule has 0 bridgehead atoms. The molecule has 1 N–H and O–H groups in total. The van der Waals surface area contributed by atoms with E-state index in [9.17, 15) is 5.11 Å². The number of nitrogens with zero attached hydrogens (tertiary/aromatic N) is 2. The van der Waals surface area contributed by atoms with Gasteiger partial charge in [-0.25, -0.2) is 4.98 Å². The van der Waals surface area contributed by atoms with Crippen molar-refractivity contribution in [1.29, 1.82) is 0 Å². The fourth-order valence-corrected chi connectivity index (χ4v) is 2.72. The maximum Gasteiger partial charge on any atom is 0.138 e. The molecule has 0 fully saturated rings. The highest BCUT2D eigenvalue weighted by atomic mass is 35.5. The van der Waals surface area contributed by atoms with E-state index in [-0.39, 0.29) is 0 Å². The van der Waals surface area contributed by atoms with E-state index in [1.165, 1.54) is 0 Å². The van der Waals surface area contributed by atoms with Crippen LogP contribution in [0.2, 0.25) is 5.02 Å². The summed E-state index contributed by atoms with van der Waals surface area (Å²) >= 11 is 5.85. The van der Waals surface area contributed by atoms with Crippen LogP contribution in [0.5, 0.6) is 5.75 Å². The van der Waals surface area contributed by atoms with Gasteiger partial charge in [0, 0.05) is 11.6 Å². The summed E-state index contributed by atoms with van der Waals surface area (Å²) in [6.07, 6.45) is 0.225. The summed E-state index contributed by atoms with van der Waals surface area (Å²) in [7, 11) is 0. The second-order valence-electron chi connectivity index (χ2n) is 5.44. The molecule has 0 amide bonds. The van der Waals surface area contributed by atoms with Crippen molar-refractivity contribution in [2.75, 3.05) is 6.61 Å². The molecule has 120 valence electrons. The van der Waals surface area contributed by atoms with Gasteiger partial charge in [0.05, 0.1) is 17.6 Å². The topological polar surface area (TPSA) is 47.3 Å². The molecule has 5 heteroatoms. The third-order valence-electron chi connectivity index (χ3n) is 3.67. The first kappa shape index (κ1) is 15.8. The molecule has 0 saturated carbocycles. The van der Waals surface area contributed by atoms with Gasteiger partial charge in [0.1, 0.15) is 17.7 Å². The van der Waals surface area contributed by atoms with E-state index in [0.717, 1.165) is 29.7 Å². The van der Waals surface area contributed by atoms with E-state index in [2.05, 4.69) is 9.55 Å². The zero-order chi connectivity index (χ0) is 16.2. The van der Waals surface area contributed by atoms with Crippen LogP contribution in [0, 0.1) is 0 Å². The quantitative estimate of drug-likeness (QED) is 0.689. The molecule has 0 aliphatic heterocycles. The molecule has 0 saturated heterocycles. The number of para-hydroxylation sites is 2. The van der Waals surface area contributed by atoms with Crippen molar-refractivity contribution >= 4 is 22.6 Å². The molecule has 0 radical (unpaired) electrons. The lowest BCUT2D eigenvalue weighted by molar-refractivity contribution is 0.183. The van der Waals surface area contributed by atoms with Crippen LogP contribution < -0.4 is 4.74 Å². The first-order valence-corrected chi connectivity index (χ1v) is 8.04. The molecule has 3 rings (SSSR count). The van der Waals surface area contributed by atoms with Crippen LogP contribution in [0.15, 0.2) is 48.5 Å². The van der Waals surface area contributed by atoms with Gasteiger partial charge in [-0.2, -0.15) is 0 Å². The largest absolute Gasteiger partial charge is 0.494 e. The number of ether oxygens (including phenoxy) is 1. The van der Waals surface area contributed by atoms with E-state index in [1.807, 2.05) is 48.5 Å². The van der Waals surface area contributed by atoms with Crippen molar-refractivity contribution in [1.82, 2.24) is 9.55 Å². The Morgan fingerprint density at radius 2 is 1.91 bits per heavy atom. The monoisotopic (exact) mass is 330 g/mol. The van der Waals surface area contributed by atoms with Crippen molar-refractivity contribution in [3.8, 4) is 5.75 Å². The third-order valence-corrected chi connectivity index (χ3v) is 3.92. The number of aliphatic hydroxyl groups excluding tert-OH is 1. The minimum absolute atomic E-state index is 0.591. The highest BCUT2D eigenvalue weighted by molar-refractivity contribution is 6.30. The highest BCUT2D eigenvalue weighted by Crippen LogP contribution is 2.21. The van der Waals surface area contributed by atoms with Crippen molar-refractivity contribution in [2.24, 2.45) is 0 Å². The number of imidazole rings is 1. The third kappa shape index (κ3) is 3.66. The number of fused-ring (bicyclic) bond motifs is 1. The average Bonchev–Trinajstić information content (AvgIpc) is 2.92. The van der Waals surface area contributed by atoms with Crippen LogP contribution in [-0.2, 0) is 6.54 Å². The zero-order valence-corrected chi connectivity index (χ0v) is 13.7. The number of aryl methyl sites for hydroxylation is 1. The van der Waals surface area contributed by atoms with Gasteiger partial charge in [0.2, 0.25) is 0 Å².